The molecule has 0 radical (unpaired) electrons. The Morgan fingerprint density at radius 1 is 0.818 bits per heavy atom. The molecule has 44 heavy (non-hydrogen) atoms. The Balaban J connectivity index is 0.00000264. The van der Waals surface area contributed by atoms with Gasteiger partial charge in [-0.3, -0.25) is 0 Å². The molecule has 0 heterocycles. The standard InChI is InChI=1S/C21H25.C10H17Si.C9H10.2ClH.Zr/c1-20(2,3)16-9-7-14-11-15-8-10-17(21(4,5)6)13-19(15)18(14)12-16;1-8-6-9(2)10(7-8)11(3,4)5;1-2-6-9-7-4-3-5-8-9;;;/h7,9-10,12-13H,11H2,1-6H3;7-8H,1-5H3;3-5,7-8H,2H2,1H3;2*1H;/q;;;;;+2/p-2. The monoisotopic (exact) mass is 720 g/mol. The molecule has 0 fully saturated rings. The van der Waals surface area contributed by atoms with E-state index in [1.807, 2.05) is 3.28 Å². The third kappa shape index (κ3) is 7.00. The fourth-order valence-corrected chi connectivity index (χ4v) is 18.4. The zero-order valence-corrected chi connectivity index (χ0v) is 34.1. The summed E-state index contributed by atoms with van der Waals surface area (Å²) in [4.78, 5) is 0. The van der Waals surface area contributed by atoms with Crippen LogP contribution in [0.15, 0.2) is 80.8 Å². The van der Waals surface area contributed by atoms with Gasteiger partial charge in [-0.1, -0.05) is 0 Å². The van der Waals surface area contributed by atoms with Crippen LogP contribution in [-0.2, 0) is 38.5 Å². The summed E-state index contributed by atoms with van der Waals surface area (Å²) < 4.78 is 5.32. The van der Waals surface area contributed by atoms with E-state index in [1.54, 1.807) is 22.8 Å². The summed E-state index contributed by atoms with van der Waals surface area (Å²) in [6.45, 7) is 29.2. The Kier molecular flexibility index (Phi) is 11.3. The van der Waals surface area contributed by atoms with Crippen LogP contribution in [0.2, 0.25) is 19.6 Å². The quantitative estimate of drug-likeness (QED) is 0.267. The fraction of sp³-hybridized carbons (Fsp3) is 0.425. The van der Waals surface area contributed by atoms with Crippen molar-refractivity contribution in [3.05, 3.63) is 109 Å². The van der Waals surface area contributed by atoms with Gasteiger partial charge in [-0.25, -0.2) is 0 Å². The molecule has 0 saturated carbocycles. The maximum atomic E-state index is 2.70. The number of benzene rings is 3. The Bertz CT molecular complexity index is 1640. The molecule has 0 spiro atoms. The zero-order chi connectivity index (χ0) is 30.8. The van der Waals surface area contributed by atoms with Crippen LogP contribution in [0.4, 0.5) is 0 Å². The summed E-state index contributed by atoms with van der Waals surface area (Å²) >= 11 is -2.61. The topological polar surface area (TPSA) is 0 Å². The van der Waals surface area contributed by atoms with Crippen molar-refractivity contribution in [3.63, 3.8) is 0 Å². The zero-order valence-electron chi connectivity index (χ0n) is 29.1. The molecule has 5 rings (SSSR count). The van der Waals surface area contributed by atoms with Gasteiger partial charge in [0.1, 0.15) is 0 Å². The van der Waals surface area contributed by atoms with Crippen molar-refractivity contribution in [2.24, 2.45) is 5.92 Å². The molecule has 0 nitrogen and oxygen atoms in total. The maximum Gasteiger partial charge on any atom is -1.00 e. The predicted octanol–water partition coefficient (Wildman–Crippen LogP) is 4.46. The molecular formula is C40H52Cl2SiZr. The first kappa shape index (κ1) is 37.2. The van der Waals surface area contributed by atoms with Crippen LogP contribution in [0.25, 0.3) is 11.1 Å². The van der Waals surface area contributed by atoms with E-state index < -0.39 is 29.3 Å². The first-order valence-electron chi connectivity index (χ1n) is 16.1. The van der Waals surface area contributed by atoms with Gasteiger partial charge in [0.25, 0.3) is 0 Å². The van der Waals surface area contributed by atoms with Crippen molar-refractivity contribution in [2.45, 2.75) is 106 Å². The van der Waals surface area contributed by atoms with Gasteiger partial charge in [0, 0.05) is 0 Å². The minimum Gasteiger partial charge on any atom is -1.00 e. The number of hydrogen-bond acceptors (Lipinski definition) is 0. The van der Waals surface area contributed by atoms with Crippen LogP contribution in [0, 0.1) is 5.92 Å². The Hall–Kier alpha value is -1.31. The minimum atomic E-state index is -2.61. The summed E-state index contributed by atoms with van der Waals surface area (Å²) in [5.41, 5.74) is 12.4. The average molecular weight is 723 g/mol. The number of allylic oxidation sites excluding steroid dienone is 4. The van der Waals surface area contributed by atoms with Crippen LogP contribution in [0.3, 0.4) is 0 Å². The van der Waals surface area contributed by atoms with Crippen LogP contribution in [0.1, 0.15) is 96.6 Å². The van der Waals surface area contributed by atoms with E-state index in [0.717, 1.165) is 12.8 Å². The molecule has 3 aromatic carbocycles. The third-order valence-corrected chi connectivity index (χ3v) is 20.6. The second-order valence-electron chi connectivity index (χ2n) is 15.8. The fourth-order valence-electron chi connectivity index (χ4n) is 7.20. The van der Waals surface area contributed by atoms with Gasteiger partial charge in [0.15, 0.2) is 0 Å². The molecule has 1 atom stereocenters. The molecule has 2 aliphatic rings. The van der Waals surface area contributed by atoms with Crippen LogP contribution >= 0.6 is 0 Å². The molecular weight excluding hydrogens is 671 g/mol. The molecule has 0 aromatic heterocycles. The first-order valence-corrected chi connectivity index (χ1v) is 23.2. The molecule has 0 bridgehead atoms. The molecule has 4 heteroatoms. The molecule has 0 saturated heterocycles. The number of rotatable bonds is 5. The molecule has 234 valence electrons. The van der Waals surface area contributed by atoms with Gasteiger partial charge in [-0.2, -0.15) is 0 Å². The summed E-state index contributed by atoms with van der Waals surface area (Å²) in [7, 11) is -1.45. The first-order chi connectivity index (χ1) is 19.5. The Morgan fingerprint density at radius 2 is 1.41 bits per heavy atom. The second kappa shape index (κ2) is 13.4. The van der Waals surface area contributed by atoms with E-state index in [0.29, 0.717) is 5.92 Å². The van der Waals surface area contributed by atoms with Gasteiger partial charge in [-0.05, 0) is 0 Å². The Labute approximate surface area is 289 Å². The molecule has 2 aliphatic carbocycles. The van der Waals surface area contributed by atoms with E-state index >= 15 is 0 Å². The molecule has 0 amide bonds. The number of halogens is 2. The summed E-state index contributed by atoms with van der Waals surface area (Å²) in [6.07, 6.45) is 4.87. The maximum absolute atomic E-state index is 2.70. The van der Waals surface area contributed by atoms with Crippen LogP contribution < -0.4 is 28.1 Å². The van der Waals surface area contributed by atoms with Crippen LogP contribution in [0.5, 0.6) is 0 Å². The van der Waals surface area contributed by atoms with Crippen LogP contribution in [-0.4, -0.2) is 11.3 Å². The van der Waals surface area contributed by atoms with Crippen molar-refractivity contribution in [1.82, 2.24) is 0 Å². The van der Waals surface area contributed by atoms with E-state index in [2.05, 4.69) is 149 Å². The summed E-state index contributed by atoms with van der Waals surface area (Å²) in [5.74, 6) is 0.525. The third-order valence-electron chi connectivity index (χ3n) is 9.55. The van der Waals surface area contributed by atoms with Gasteiger partial charge in [-0.15, -0.1) is 0 Å². The van der Waals surface area contributed by atoms with Crippen molar-refractivity contribution in [3.8, 4) is 11.1 Å². The average Bonchev–Trinajstić information content (AvgIpc) is 3.42. The van der Waals surface area contributed by atoms with Gasteiger partial charge in [0.05, 0.1) is 0 Å². The van der Waals surface area contributed by atoms with Gasteiger partial charge in [0.2, 0.25) is 0 Å². The van der Waals surface area contributed by atoms with Crippen molar-refractivity contribution >= 4 is 14.6 Å². The van der Waals surface area contributed by atoms with Crippen molar-refractivity contribution in [2.75, 3.05) is 0 Å². The van der Waals surface area contributed by atoms with E-state index in [1.165, 1.54) is 33.4 Å². The number of hydrogen-bond donors (Lipinski definition) is 0. The minimum absolute atomic E-state index is 0. The summed E-state index contributed by atoms with van der Waals surface area (Å²) in [6, 6.07) is 24.1. The molecule has 3 aromatic rings. The van der Waals surface area contributed by atoms with Gasteiger partial charge < -0.3 is 24.8 Å². The molecule has 0 aliphatic heterocycles. The van der Waals surface area contributed by atoms with Gasteiger partial charge >= 0.3 is 267 Å². The normalized spacial score (nSPS) is 16.5. The van der Waals surface area contributed by atoms with Crippen molar-refractivity contribution in [1.29, 1.82) is 0 Å². The Morgan fingerprint density at radius 3 is 1.93 bits per heavy atom. The van der Waals surface area contributed by atoms with E-state index in [-0.39, 0.29) is 35.6 Å². The SMILES string of the molecule is CC/[C](c1ccccc1)=[Zr+2](\[C]1=C(C)C([Si](C)(C)C)=CC1C)[c]1cc(C(C)(C)C)cc2c1Cc1ccc(C(C)(C)C)cc1-2.[Cl-].[Cl-]. The second-order valence-corrected chi connectivity index (χ2v) is 26.8. The molecule has 0 N–H and O–H groups in total. The van der Waals surface area contributed by atoms with Crippen molar-refractivity contribution < 1.29 is 46.1 Å². The predicted molar refractivity (Wildman–Crippen MR) is 186 cm³/mol. The van der Waals surface area contributed by atoms with E-state index in [4.69, 9.17) is 0 Å². The number of fused-ring (bicyclic) bond motifs is 3. The smallest absolute Gasteiger partial charge is 1.00 e. The molecule has 1 unspecified atom stereocenters. The largest absolute Gasteiger partial charge is 1.00 e. The van der Waals surface area contributed by atoms with E-state index in [9.17, 15) is 0 Å². The summed E-state index contributed by atoms with van der Waals surface area (Å²) in [5, 5.41) is 1.70.